The van der Waals surface area contributed by atoms with Crippen LogP contribution in [0.3, 0.4) is 0 Å². The van der Waals surface area contributed by atoms with Crippen LogP contribution >= 0.6 is 0 Å². The molecule has 2 rings (SSSR count). The van der Waals surface area contributed by atoms with Gasteiger partial charge in [0.25, 0.3) is 5.91 Å². The maximum atomic E-state index is 12.5. The first-order valence-corrected chi connectivity index (χ1v) is 7.18. The molecule has 0 saturated carbocycles. The average Bonchev–Trinajstić information content (AvgIpc) is 2.53. The fraction of sp³-hybridized carbons (Fsp3) is 0.471. The Kier molecular flexibility index (Phi) is 5.38. The Balaban J connectivity index is 2.13. The second kappa shape index (κ2) is 7.26. The minimum atomic E-state index is -0.178. The van der Waals surface area contributed by atoms with Crippen molar-refractivity contribution in [3.63, 3.8) is 0 Å². The van der Waals surface area contributed by atoms with Crippen molar-refractivity contribution in [1.29, 1.82) is 0 Å². The molecule has 0 atom stereocenters. The van der Waals surface area contributed by atoms with Crippen LogP contribution in [0.5, 0.6) is 0 Å². The predicted molar refractivity (Wildman–Crippen MR) is 81.1 cm³/mol. The van der Waals surface area contributed by atoms with Gasteiger partial charge in [0, 0.05) is 31.3 Å². The normalized spacial score (nSPS) is 15.5. The number of hydrogen-bond acceptors (Lipinski definition) is 3. The standard InChI is InChI=1S/C17H21NO3/c1-13-5-6-15(12-14(13)4-3-11-19)17(20)18-9-7-16(21-2)8-10-18/h5-6,12,16,19H,7-11H2,1-2H3. The van der Waals surface area contributed by atoms with Crippen LogP contribution in [0.2, 0.25) is 0 Å². The van der Waals surface area contributed by atoms with Gasteiger partial charge in [-0.05, 0) is 37.5 Å². The highest BCUT2D eigenvalue weighted by Crippen LogP contribution is 2.17. The van der Waals surface area contributed by atoms with Gasteiger partial charge in [-0.1, -0.05) is 17.9 Å². The van der Waals surface area contributed by atoms with E-state index < -0.39 is 0 Å². The summed E-state index contributed by atoms with van der Waals surface area (Å²) < 4.78 is 5.32. The molecule has 1 N–H and O–H groups in total. The van der Waals surface area contributed by atoms with Gasteiger partial charge in [-0.15, -0.1) is 0 Å². The molecule has 0 aliphatic carbocycles. The molecule has 0 spiro atoms. The molecule has 0 bridgehead atoms. The Morgan fingerprint density at radius 2 is 2.14 bits per heavy atom. The highest BCUT2D eigenvalue weighted by atomic mass is 16.5. The van der Waals surface area contributed by atoms with E-state index in [1.165, 1.54) is 0 Å². The summed E-state index contributed by atoms with van der Waals surface area (Å²) in [5, 5.41) is 8.79. The lowest BCUT2D eigenvalue weighted by atomic mass is 10.0. The number of aliphatic hydroxyl groups excluding tert-OH is 1. The number of nitrogens with zero attached hydrogens (tertiary/aromatic N) is 1. The van der Waals surface area contributed by atoms with Crippen molar-refractivity contribution in [2.75, 3.05) is 26.8 Å². The highest BCUT2D eigenvalue weighted by Gasteiger charge is 2.23. The SMILES string of the molecule is COC1CCN(C(=O)c2ccc(C)c(C#CCO)c2)CC1. The summed E-state index contributed by atoms with van der Waals surface area (Å²) >= 11 is 0. The van der Waals surface area contributed by atoms with E-state index in [2.05, 4.69) is 11.8 Å². The molecule has 1 heterocycles. The van der Waals surface area contributed by atoms with Crippen molar-refractivity contribution >= 4 is 5.91 Å². The molecular formula is C17H21NO3. The number of aryl methyl sites for hydroxylation is 1. The molecule has 1 amide bonds. The Bertz CT molecular complexity index is 563. The van der Waals surface area contributed by atoms with Gasteiger partial charge >= 0.3 is 0 Å². The lowest BCUT2D eigenvalue weighted by Gasteiger charge is -2.31. The van der Waals surface area contributed by atoms with E-state index in [1.807, 2.05) is 30.0 Å². The first-order chi connectivity index (χ1) is 10.2. The quantitative estimate of drug-likeness (QED) is 0.840. The minimum Gasteiger partial charge on any atom is -0.384 e. The first kappa shape index (κ1) is 15.6. The maximum absolute atomic E-state index is 12.5. The number of rotatable bonds is 2. The van der Waals surface area contributed by atoms with Crippen LogP contribution in [0.1, 0.15) is 34.3 Å². The molecule has 1 aliphatic heterocycles. The Hall–Kier alpha value is -1.83. The van der Waals surface area contributed by atoms with E-state index in [-0.39, 0.29) is 18.6 Å². The maximum Gasteiger partial charge on any atom is 0.253 e. The molecule has 0 aromatic heterocycles. The van der Waals surface area contributed by atoms with Gasteiger partial charge in [-0.25, -0.2) is 0 Å². The smallest absolute Gasteiger partial charge is 0.253 e. The zero-order chi connectivity index (χ0) is 15.2. The molecule has 1 aliphatic rings. The molecule has 4 heteroatoms. The third-order valence-corrected chi connectivity index (χ3v) is 3.85. The van der Waals surface area contributed by atoms with Gasteiger partial charge in [0.2, 0.25) is 0 Å². The van der Waals surface area contributed by atoms with Crippen molar-refractivity contribution in [2.45, 2.75) is 25.9 Å². The Morgan fingerprint density at radius 3 is 2.76 bits per heavy atom. The van der Waals surface area contributed by atoms with Crippen molar-refractivity contribution in [2.24, 2.45) is 0 Å². The molecule has 1 fully saturated rings. The first-order valence-electron chi connectivity index (χ1n) is 7.18. The summed E-state index contributed by atoms with van der Waals surface area (Å²) in [5.74, 6) is 5.55. The largest absolute Gasteiger partial charge is 0.384 e. The lowest BCUT2D eigenvalue weighted by Crippen LogP contribution is -2.40. The van der Waals surface area contributed by atoms with Crippen molar-refractivity contribution in [1.82, 2.24) is 4.90 Å². The van der Waals surface area contributed by atoms with E-state index in [9.17, 15) is 4.79 Å². The number of amides is 1. The molecular weight excluding hydrogens is 266 g/mol. The van der Waals surface area contributed by atoms with Crippen LogP contribution in [-0.4, -0.2) is 48.8 Å². The number of piperidine rings is 1. The highest BCUT2D eigenvalue weighted by molar-refractivity contribution is 5.94. The number of hydrogen-bond donors (Lipinski definition) is 1. The van der Waals surface area contributed by atoms with Crippen LogP contribution in [0.25, 0.3) is 0 Å². The van der Waals surface area contributed by atoms with Crippen LogP contribution in [0.4, 0.5) is 0 Å². The zero-order valence-electron chi connectivity index (χ0n) is 12.6. The van der Waals surface area contributed by atoms with Gasteiger partial charge in [-0.2, -0.15) is 0 Å². The summed E-state index contributed by atoms with van der Waals surface area (Å²) in [6.07, 6.45) is 2.02. The molecule has 21 heavy (non-hydrogen) atoms. The molecule has 0 radical (unpaired) electrons. The summed E-state index contributed by atoms with van der Waals surface area (Å²) in [4.78, 5) is 14.4. The molecule has 112 valence electrons. The number of ether oxygens (including phenoxy) is 1. The van der Waals surface area contributed by atoms with Crippen molar-refractivity contribution in [3.05, 3.63) is 34.9 Å². The van der Waals surface area contributed by atoms with E-state index in [0.717, 1.165) is 37.1 Å². The number of likely N-dealkylation sites (tertiary alicyclic amines) is 1. The van der Waals surface area contributed by atoms with E-state index in [4.69, 9.17) is 9.84 Å². The molecule has 1 saturated heterocycles. The monoisotopic (exact) mass is 287 g/mol. The number of carbonyl (C=O) groups excluding carboxylic acids is 1. The summed E-state index contributed by atoms with van der Waals surface area (Å²) in [6, 6.07) is 5.55. The number of carbonyl (C=O) groups is 1. The van der Waals surface area contributed by atoms with Gasteiger partial charge in [0.1, 0.15) is 6.61 Å². The van der Waals surface area contributed by atoms with Crippen LogP contribution in [0.15, 0.2) is 18.2 Å². The number of methoxy groups -OCH3 is 1. The van der Waals surface area contributed by atoms with E-state index in [0.29, 0.717) is 5.56 Å². The molecule has 1 aromatic rings. The van der Waals surface area contributed by atoms with Crippen LogP contribution in [-0.2, 0) is 4.74 Å². The topological polar surface area (TPSA) is 49.8 Å². The number of aliphatic hydroxyl groups is 1. The van der Waals surface area contributed by atoms with Crippen molar-refractivity contribution in [3.8, 4) is 11.8 Å². The molecule has 4 nitrogen and oxygen atoms in total. The minimum absolute atomic E-state index is 0.0385. The van der Waals surface area contributed by atoms with Crippen LogP contribution < -0.4 is 0 Å². The molecule has 0 unspecified atom stereocenters. The number of benzene rings is 1. The van der Waals surface area contributed by atoms with Gasteiger partial charge in [0.05, 0.1) is 6.10 Å². The second-order valence-corrected chi connectivity index (χ2v) is 5.22. The second-order valence-electron chi connectivity index (χ2n) is 5.22. The molecule has 1 aromatic carbocycles. The zero-order valence-corrected chi connectivity index (χ0v) is 12.6. The average molecular weight is 287 g/mol. The summed E-state index contributed by atoms with van der Waals surface area (Å²) in [5.41, 5.74) is 2.45. The third-order valence-electron chi connectivity index (χ3n) is 3.85. The lowest BCUT2D eigenvalue weighted by molar-refractivity contribution is 0.0351. The van der Waals surface area contributed by atoms with Gasteiger partial charge < -0.3 is 14.7 Å². The van der Waals surface area contributed by atoms with E-state index >= 15 is 0 Å². The van der Waals surface area contributed by atoms with E-state index in [1.54, 1.807) is 7.11 Å². The summed E-state index contributed by atoms with van der Waals surface area (Å²) in [7, 11) is 1.72. The Morgan fingerprint density at radius 1 is 1.43 bits per heavy atom. The van der Waals surface area contributed by atoms with Gasteiger partial charge in [0.15, 0.2) is 0 Å². The fourth-order valence-electron chi connectivity index (χ4n) is 2.50. The van der Waals surface area contributed by atoms with Gasteiger partial charge in [-0.3, -0.25) is 4.79 Å². The van der Waals surface area contributed by atoms with Crippen molar-refractivity contribution < 1.29 is 14.6 Å². The predicted octanol–water partition coefficient (Wildman–Crippen LogP) is 1.59. The Labute approximate surface area is 125 Å². The summed E-state index contributed by atoms with van der Waals surface area (Å²) in [6.45, 7) is 3.22. The van der Waals surface area contributed by atoms with Crippen LogP contribution in [0, 0.1) is 18.8 Å². The fourth-order valence-corrected chi connectivity index (χ4v) is 2.50. The third kappa shape index (κ3) is 3.84.